The maximum Gasteiger partial charge on any atom is 0.329 e. The summed E-state index contributed by atoms with van der Waals surface area (Å²) in [6, 6.07) is 1.64. The molecule has 0 spiro atoms. The second-order valence-corrected chi connectivity index (χ2v) is 4.93. The van der Waals surface area contributed by atoms with Crippen molar-refractivity contribution in [3.8, 4) is 0 Å². The van der Waals surface area contributed by atoms with E-state index in [9.17, 15) is 14.7 Å². The fourth-order valence-corrected chi connectivity index (χ4v) is 2.33. The molecule has 2 heterocycles. The summed E-state index contributed by atoms with van der Waals surface area (Å²) in [5.41, 5.74) is -0.0587. The third-order valence-corrected chi connectivity index (χ3v) is 3.52. The van der Waals surface area contributed by atoms with Crippen molar-refractivity contribution < 1.29 is 14.7 Å². The smallest absolute Gasteiger partial charge is 0.329 e. The molecule has 1 saturated heterocycles. The second-order valence-electron chi connectivity index (χ2n) is 4.93. The minimum Gasteiger partial charge on any atom is -0.480 e. The summed E-state index contributed by atoms with van der Waals surface area (Å²) in [5, 5.41) is 16.0. The van der Waals surface area contributed by atoms with Crippen molar-refractivity contribution >= 4 is 11.9 Å². The molecule has 1 unspecified atom stereocenters. The highest BCUT2D eigenvalue weighted by Gasteiger charge is 2.44. The first-order valence-corrected chi connectivity index (χ1v) is 6.02. The number of nitrogens with one attached hydrogen (secondary N) is 1. The average Bonchev–Trinajstić information content (AvgIpc) is 2.75. The van der Waals surface area contributed by atoms with Crippen LogP contribution in [0, 0.1) is 6.92 Å². The number of nitrogens with zero attached hydrogens (tertiary/aromatic N) is 2. The van der Waals surface area contributed by atoms with Crippen LogP contribution < -0.4 is 0 Å². The molecular formula is C12H17N3O3. The number of carbonyl (C=O) groups is 2. The maximum atomic E-state index is 12.3. The van der Waals surface area contributed by atoms with Gasteiger partial charge in [0.1, 0.15) is 11.2 Å². The van der Waals surface area contributed by atoms with Crippen LogP contribution in [0.1, 0.15) is 42.4 Å². The Morgan fingerprint density at radius 2 is 2.22 bits per heavy atom. The van der Waals surface area contributed by atoms with E-state index in [2.05, 4.69) is 10.2 Å². The molecule has 2 rings (SSSR count). The van der Waals surface area contributed by atoms with E-state index in [1.807, 2.05) is 0 Å². The number of aromatic nitrogens is 2. The lowest BCUT2D eigenvalue weighted by Gasteiger charge is -2.41. The van der Waals surface area contributed by atoms with Crippen LogP contribution in [0.5, 0.6) is 0 Å². The van der Waals surface area contributed by atoms with Crippen LogP contribution in [-0.4, -0.2) is 44.2 Å². The first kappa shape index (κ1) is 12.6. The van der Waals surface area contributed by atoms with E-state index in [1.165, 1.54) is 4.90 Å². The standard InChI is InChI=1S/C12H17N3O3/c1-8-7-9(14-13-8)10(16)15-6-4-3-5-12(15,2)11(17)18/h7H,3-6H2,1-2H3,(H,13,14)(H,17,18). The van der Waals surface area contributed by atoms with E-state index in [4.69, 9.17) is 0 Å². The highest BCUT2D eigenvalue weighted by molar-refractivity contribution is 5.96. The third-order valence-electron chi connectivity index (χ3n) is 3.52. The zero-order valence-corrected chi connectivity index (χ0v) is 10.6. The molecule has 0 aromatic carbocycles. The zero-order chi connectivity index (χ0) is 13.3. The van der Waals surface area contributed by atoms with Crippen molar-refractivity contribution in [1.29, 1.82) is 0 Å². The van der Waals surface area contributed by atoms with E-state index in [0.29, 0.717) is 13.0 Å². The Bertz CT molecular complexity index is 483. The maximum absolute atomic E-state index is 12.3. The molecule has 6 heteroatoms. The van der Waals surface area contributed by atoms with Gasteiger partial charge in [-0.2, -0.15) is 5.10 Å². The molecular weight excluding hydrogens is 234 g/mol. The van der Waals surface area contributed by atoms with Gasteiger partial charge in [-0.15, -0.1) is 0 Å². The molecule has 98 valence electrons. The molecule has 1 amide bonds. The van der Waals surface area contributed by atoms with Gasteiger partial charge in [-0.05, 0) is 39.2 Å². The van der Waals surface area contributed by atoms with Crippen LogP contribution in [0.25, 0.3) is 0 Å². The first-order valence-electron chi connectivity index (χ1n) is 6.02. The molecule has 6 nitrogen and oxygen atoms in total. The van der Waals surface area contributed by atoms with Crippen LogP contribution in [0.3, 0.4) is 0 Å². The van der Waals surface area contributed by atoms with E-state index in [-0.39, 0.29) is 11.6 Å². The summed E-state index contributed by atoms with van der Waals surface area (Å²) in [4.78, 5) is 25.1. The quantitative estimate of drug-likeness (QED) is 0.826. The molecule has 0 radical (unpaired) electrons. The Balaban J connectivity index is 2.30. The lowest BCUT2D eigenvalue weighted by molar-refractivity contribution is -0.150. The minimum atomic E-state index is -1.12. The number of H-pyrrole nitrogens is 1. The summed E-state index contributed by atoms with van der Waals surface area (Å²) < 4.78 is 0. The number of aromatic amines is 1. The van der Waals surface area contributed by atoms with E-state index >= 15 is 0 Å². The highest BCUT2D eigenvalue weighted by atomic mass is 16.4. The first-order chi connectivity index (χ1) is 8.45. The monoisotopic (exact) mass is 251 g/mol. The highest BCUT2D eigenvalue weighted by Crippen LogP contribution is 2.29. The molecule has 18 heavy (non-hydrogen) atoms. The Labute approximate surface area is 105 Å². The number of aliphatic carboxylic acids is 1. The second kappa shape index (κ2) is 4.44. The zero-order valence-electron chi connectivity index (χ0n) is 10.6. The van der Waals surface area contributed by atoms with Gasteiger partial charge in [0.15, 0.2) is 0 Å². The van der Waals surface area contributed by atoms with Gasteiger partial charge in [-0.25, -0.2) is 4.79 Å². The van der Waals surface area contributed by atoms with E-state index < -0.39 is 11.5 Å². The van der Waals surface area contributed by atoms with Crippen molar-refractivity contribution in [2.24, 2.45) is 0 Å². The molecule has 1 aliphatic rings. The van der Waals surface area contributed by atoms with Gasteiger partial charge < -0.3 is 10.0 Å². The number of carboxylic acid groups (broad SMARTS) is 1. The van der Waals surface area contributed by atoms with Crippen LogP contribution in [0.15, 0.2) is 6.07 Å². The molecule has 0 saturated carbocycles. The van der Waals surface area contributed by atoms with Crippen molar-refractivity contribution in [2.75, 3.05) is 6.54 Å². The Morgan fingerprint density at radius 1 is 1.50 bits per heavy atom. The van der Waals surface area contributed by atoms with Gasteiger partial charge in [-0.1, -0.05) is 0 Å². The molecule has 1 aromatic heterocycles. The lowest BCUT2D eigenvalue weighted by atomic mass is 9.88. The van der Waals surface area contributed by atoms with Crippen molar-refractivity contribution in [2.45, 2.75) is 38.6 Å². The van der Waals surface area contributed by atoms with Gasteiger partial charge in [0, 0.05) is 12.2 Å². The average molecular weight is 251 g/mol. The number of likely N-dealkylation sites (tertiary alicyclic amines) is 1. The summed E-state index contributed by atoms with van der Waals surface area (Å²) in [7, 11) is 0. The van der Waals surface area contributed by atoms with Gasteiger partial charge in [0.2, 0.25) is 0 Å². The lowest BCUT2D eigenvalue weighted by Crippen LogP contribution is -2.57. The molecule has 0 bridgehead atoms. The summed E-state index contributed by atoms with van der Waals surface area (Å²) in [5.74, 6) is -1.27. The fraction of sp³-hybridized carbons (Fsp3) is 0.583. The summed E-state index contributed by atoms with van der Waals surface area (Å²) in [6.07, 6.45) is 2.14. The predicted octanol–water partition coefficient (Wildman–Crippen LogP) is 1.19. The number of carboxylic acids is 1. The third kappa shape index (κ3) is 1.98. The number of hydrogen-bond acceptors (Lipinski definition) is 3. The van der Waals surface area contributed by atoms with E-state index in [1.54, 1.807) is 19.9 Å². The number of hydrogen-bond donors (Lipinski definition) is 2. The van der Waals surface area contributed by atoms with Gasteiger partial charge >= 0.3 is 5.97 Å². The van der Waals surface area contributed by atoms with Crippen molar-refractivity contribution in [1.82, 2.24) is 15.1 Å². The van der Waals surface area contributed by atoms with Crippen molar-refractivity contribution in [3.63, 3.8) is 0 Å². The molecule has 1 atom stereocenters. The Kier molecular flexibility index (Phi) is 3.11. The normalized spacial score (nSPS) is 24.0. The number of aryl methyl sites for hydroxylation is 1. The van der Waals surface area contributed by atoms with Crippen molar-refractivity contribution in [3.05, 3.63) is 17.5 Å². The molecule has 1 fully saturated rings. The largest absolute Gasteiger partial charge is 0.480 e. The Morgan fingerprint density at radius 3 is 2.78 bits per heavy atom. The van der Waals surface area contributed by atoms with E-state index in [0.717, 1.165) is 18.5 Å². The molecule has 1 aromatic rings. The van der Waals surface area contributed by atoms with Crippen LogP contribution in [0.2, 0.25) is 0 Å². The molecule has 0 aliphatic carbocycles. The summed E-state index contributed by atoms with van der Waals surface area (Å²) in [6.45, 7) is 3.87. The van der Waals surface area contributed by atoms with Crippen LogP contribution in [0.4, 0.5) is 0 Å². The number of rotatable bonds is 2. The fourth-order valence-electron chi connectivity index (χ4n) is 2.33. The van der Waals surface area contributed by atoms with Gasteiger partial charge in [0.25, 0.3) is 5.91 Å². The van der Waals surface area contributed by atoms with Gasteiger partial charge in [-0.3, -0.25) is 9.89 Å². The topological polar surface area (TPSA) is 86.3 Å². The predicted molar refractivity (Wildman–Crippen MR) is 64.3 cm³/mol. The number of amides is 1. The minimum absolute atomic E-state index is 0.280. The van der Waals surface area contributed by atoms with Crippen LogP contribution in [-0.2, 0) is 4.79 Å². The molecule has 2 N–H and O–H groups in total. The SMILES string of the molecule is Cc1cc(C(=O)N2CCCCC2(C)C(=O)O)n[nH]1. The van der Waals surface area contributed by atoms with Crippen LogP contribution >= 0.6 is 0 Å². The summed E-state index contributed by atoms with van der Waals surface area (Å²) >= 11 is 0. The number of piperidine rings is 1. The van der Waals surface area contributed by atoms with Gasteiger partial charge in [0.05, 0.1) is 0 Å². The number of carbonyl (C=O) groups excluding carboxylic acids is 1. The molecule has 1 aliphatic heterocycles. The Hall–Kier alpha value is -1.85.